The lowest BCUT2D eigenvalue weighted by Crippen LogP contribution is -2.82. The number of carbonyl (C=O) groups is 3. The molecule has 0 radical (unpaired) electrons. The Morgan fingerprint density at radius 2 is 1.91 bits per heavy atom. The smallest absolute Gasteiger partial charge is 0.326 e. The number of benzene rings is 1. The molecule has 46 heavy (non-hydrogen) atoms. The maximum Gasteiger partial charge on any atom is 0.326 e. The van der Waals surface area contributed by atoms with Crippen molar-refractivity contribution < 1.29 is 38.8 Å². The van der Waals surface area contributed by atoms with Crippen LogP contribution in [-0.2, 0) is 31.0 Å². The number of hydrogen-bond donors (Lipinski definition) is 3. The van der Waals surface area contributed by atoms with Crippen molar-refractivity contribution >= 4 is 17.8 Å². The van der Waals surface area contributed by atoms with E-state index in [-0.39, 0.29) is 48.0 Å². The SMILES string of the molecule is CO[C@]12CC[C@@]3(C[C@@H]1C(C)(C)O)[C@H]1Cc4ccc(OC(=O)CCCC(=O)N[C@H](C(=O)O)C(C)C)c5c4[C@@]3(CCN1CC1CC1)[C@H]2O5. The molecule has 10 nitrogen and oxygen atoms in total. The normalized spacial score (nSPS) is 34.5. The average Bonchev–Trinajstić information content (AvgIpc) is 3.74. The van der Waals surface area contributed by atoms with Crippen LogP contribution in [0.4, 0.5) is 0 Å². The molecule has 10 heteroatoms. The van der Waals surface area contributed by atoms with E-state index >= 15 is 0 Å². The molecule has 2 heterocycles. The number of carboxylic acid groups (broad SMARTS) is 1. The van der Waals surface area contributed by atoms with Gasteiger partial charge in [0, 0.05) is 54.8 Å². The number of nitrogens with one attached hydrogen (secondary N) is 1. The molecule has 1 aromatic rings. The molecule has 5 aliphatic carbocycles. The van der Waals surface area contributed by atoms with E-state index in [0.29, 0.717) is 17.5 Å². The quantitative estimate of drug-likeness (QED) is 0.230. The Hall–Kier alpha value is -2.69. The first-order valence-corrected chi connectivity index (χ1v) is 17.3. The predicted molar refractivity (Wildman–Crippen MR) is 169 cm³/mol. The third-order valence-electron chi connectivity index (χ3n) is 12.8. The first kappa shape index (κ1) is 31.9. The van der Waals surface area contributed by atoms with Crippen molar-refractivity contribution in [1.29, 1.82) is 0 Å². The molecule has 0 aromatic heterocycles. The van der Waals surface area contributed by atoms with Crippen molar-refractivity contribution in [2.45, 2.75) is 127 Å². The first-order chi connectivity index (χ1) is 21.8. The molecular weight excluding hydrogens is 588 g/mol. The van der Waals surface area contributed by atoms with E-state index in [1.54, 1.807) is 21.0 Å². The maximum absolute atomic E-state index is 13.1. The Bertz CT molecular complexity index is 1430. The molecule has 1 saturated heterocycles. The van der Waals surface area contributed by atoms with E-state index in [1.165, 1.54) is 24.0 Å². The number of aliphatic hydroxyl groups is 1. The highest BCUT2D eigenvalue weighted by molar-refractivity contribution is 5.84. The van der Waals surface area contributed by atoms with Gasteiger partial charge in [0.2, 0.25) is 5.91 Å². The first-order valence-electron chi connectivity index (χ1n) is 17.3. The number of aliphatic carboxylic acids is 1. The molecule has 7 atom stereocenters. The Morgan fingerprint density at radius 1 is 1.15 bits per heavy atom. The summed E-state index contributed by atoms with van der Waals surface area (Å²) in [6, 6.07) is 3.38. The van der Waals surface area contributed by atoms with Crippen molar-refractivity contribution in [3.05, 3.63) is 23.3 Å². The van der Waals surface area contributed by atoms with Gasteiger partial charge in [0.25, 0.3) is 0 Å². The molecule has 252 valence electrons. The molecule has 3 N–H and O–H groups in total. The van der Waals surface area contributed by atoms with Gasteiger partial charge in [0.05, 0.1) is 5.60 Å². The van der Waals surface area contributed by atoms with Crippen molar-refractivity contribution in [2.24, 2.45) is 23.2 Å². The van der Waals surface area contributed by atoms with Gasteiger partial charge in [-0.05, 0) is 95.2 Å². The maximum atomic E-state index is 13.1. The van der Waals surface area contributed by atoms with Crippen LogP contribution in [0.3, 0.4) is 0 Å². The molecule has 8 rings (SSSR count). The highest BCUT2D eigenvalue weighted by Crippen LogP contribution is 2.77. The molecule has 0 unspecified atom stereocenters. The molecule has 1 amide bonds. The van der Waals surface area contributed by atoms with Crippen LogP contribution in [0.25, 0.3) is 0 Å². The minimum absolute atomic E-state index is 0.0167. The molecule has 4 bridgehead atoms. The van der Waals surface area contributed by atoms with Crippen LogP contribution < -0.4 is 14.8 Å². The monoisotopic (exact) mass is 638 g/mol. The number of methoxy groups -OCH3 is 1. The lowest BCUT2D eigenvalue weighted by atomic mass is 9.34. The molecule has 4 saturated carbocycles. The molecule has 1 aromatic carbocycles. The number of fused-ring (bicyclic) bond motifs is 2. The fourth-order valence-electron chi connectivity index (χ4n) is 10.6. The summed E-state index contributed by atoms with van der Waals surface area (Å²) in [5, 5.41) is 23.5. The summed E-state index contributed by atoms with van der Waals surface area (Å²) in [6.45, 7) is 9.44. The van der Waals surface area contributed by atoms with E-state index in [2.05, 4.69) is 16.3 Å². The minimum Gasteiger partial charge on any atom is -0.482 e. The summed E-state index contributed by atoms with van der Waals surface area (Å²) in [5.41, 5.74) is 0.465. The second kappa shape index (κ2) is 10.9. The van der Waals surface area contributed by atoms with Gasteiger partial charge in [-0.25, -0.2) is 4.79 Å². The minimum atomic E-state index is -1.08. The van der Waals surface area contributed by atoms with E-state index < -0.39 is 35.1 Å². The van der Waals surface area contributed by atoms with Gasteiger partial charge >= 0.3 is 11.9 Å². The number of esters is 1. The van der Waals surface area contributed by atoms with Gasteiger partial charge in [-0.2, -0.15) is 0 Å². The van der Waals surface area contributed by atoms with Gasteiger partial charge in [-0.3, -0.25) is 14.5 Å². The summed E-state index contributed by atoms with van der Waals surface area (Å²) >= 11 is 0. The van der Waals surface area contributed by atoms with E-state index in [0.717, 1.165) is 51.1 Å². The largest absolute Gasteiger partial charge is 0.482 e. The van der Waals surface area contributed by atoms with Crippen molar-refractivity contribution in [3.63, 3.8) is 0 Å². The molecular formula is C36H50N2O8. The van der Waals surface area contributed by atoms with Crippen LogP contribution in [0, 0.1) is 23.2 Å². The van der Waals surface area contributed by atoms with Gasteiger partial charge in [0.1, 0.15) is 17.7 Å². The molecule has 7 aliphatic rings. The summed E-state index contributed by atoms with van der Waals surface area (Å²) in [4.78, 5) is 39.8. The highest BCUT2D eigenvalue weighted by Gasteiger charge is 2.81. The number of hydrogen-bond acceptors (Lipinski definition) is 8. The van der Waals surface area contributed by atoms with Crippen molar-refractivity contribution in [2.75, 3.05) is 20.2 Å². The van der Waals surface area contributed by atoms with Crippen LogP contribution >= 0.6 is 0 Å². The number of nitrogens with zero attached hydrogens (tertiary/aromatic N) is 1. The third kappa shape index (κ3) is 4.56. The van der Waals surface area contributed by atoms with Gasteiger partial charge in [0.15, 0.2) is 11.5 Å². The average molecular weight is 639 g/mol. The predicted octanol–water partition coefficient (Wildman–Crippen LogP) is 3.98. The summed E-state index contributed by atoms with van der Waals surface area (Å²) in [5.74, 6) is -0.456. The number of rotatable bonds is 12. The lowest BCUT2D eigenvalue weighted by molar-refractivity contribution is -0.300. The number of amides is 1. The van der Waals surface area contributed by atoms with E-state index in [1.807, 2.05) is 19.9 Å². The number of carbonyl (C=O) groups excluding carboxylic acids is 2. The summed E-state index contributed by atoms with van der Waals surface area (Å²) in [6.07, 6.45) is 7.19. The van der Waals surface area contributed by atoms with Crippen molar-refractivity contribution in [1.82, 2.24) is 10.2 Å². The molecule has 2 spiro atoms. The van der Waals surface area contributed by atoms with Gasteiger partial charge < -0.3 is 29.7 Å². The standard InChI is InChI=1S/C36H50N2O8/c1-20(2)29(31(41)42)37-26(39)7-6-8-27(40)45-23-12-11-22-17-25-34-13-14-36(44-5,24(18-34)33(3,4)43)32-35(34,28(22)30(23)46-32)15-16-38(25)19-21-9-10-21/h11-12,20-21,24-25,29,32,43H,6-10,13-19H2,1-5H3,(H,37,39)(H,41,42)/t24-,25-,29+,32-,34-,35+,36-/m1/s1. The number of ether oxygens (including phenoxy) is 3. The fraction of sp³-hybridized carbons (Fsp3) is 0.750. The Balaban J connectivity index is 1.17. The summed E-state index contributed by atoms with van der Waals surface area (Å²) in [7, 11) is 1.76. The number of likely N-dealkylation sites (tertiary alicyclic amines) is 1. The zero-order valence-corrected chi connectivity index (χ0v) is 27.9. The van der Waals surface area contributed by atoms with E-state index in [4.69, 9.17) is 14.2 Å². The van der Waals surface area contributed by atoms with Crippen LogP contribution in [0.5, 0.6) is 11.5 Å². The topological polar surface area (TPSA) is 135 Å². The summed E-state index contributed by atoms with van der Waals surface area (Å²) < 4.78 is 19.6. The van der Waals surface area contributed by atoms with Crippen LogP contribution in [0.2, 0.25) is 0 Å². The van der Waals surface area contributed by atoms with Crippen molar-refractivity contribution in [3.8, 4) is 11.5 Å². The lowest BCUT2D eigenvalue weighted by Gasteiger charge is -2.75. The highest BCUT2D eigenvalue weighted by atomic mass is 16.6. The zero-order valence-electron chi connectivity index (χ0n) is 27.9. The second-order valence-electron chi connectivity index (χ2n) is 16.0. The number of piperidine rings is 1. The van der Waals surface area contributed by atoms with E-state index in [9.17, 15) is 24.6 Å². The third-order valence-corrected chi connectivity index (χ3v) is 12.8. The van der Waals surface area contributed by atoms with Gasteiger partial charge in [-0.15, -0.1) is 0 Å². The zero-order chi connectivity index (χ0) is 32.8. The molecule has 5 fully saturated rings. The fourth-order valence-corrected chi connectivity index (χ4v) is 10.6. The van der Waals surface area contributed by atoms with Gasteiger partial charge in [-0.1, -0.05) is 19.9 Å². The molecule has 2 aliphatic heterocycles. The number of carboxylic acids is 1. The second-order valence-corrected chi connectivity index (χ2v) is 16.0. The van der Waals surface area contributed by atoms with Crippen LogP contribution in [0.15, 0.2) is 12.1 Å². The van der Waals surface area contributed by atoms with Crippen LogP contribution in [0.1, 0.15) is 96.6 Å². The Kier molecular flexibility index (Phi) is 7.57. The Labute approximate surface area is 271 Å². The Morgan fingerprint density at radius 3 is 2.57 bits per heavy atom. The van der Waals surface area contributed by atoms with Crippen LogP contribution in [-0.4, -0.2) is 82.5 Å².